The van der Waals surface area contributed by atoms with Gasteiger partial charge in [0.25, 0.3) is 11.1 Å². The van der Waals surface area contributed by atoms with Crippen molar-refractivity contribution in [3.63, 3.8) is 0 Å². The number of nitrogens with one attached hydrogen (secondary N) is 1. The van der Waals surface area contributed by atoms with Gasteiger partial charge in [-0.2, -0.15) is 18.3 Å². The van der Waals surface area contributed by atoms with Crippen molar-refractivity contribution < 1.29 is 27.2 Å². The van der Waals surface area contributed by atoms with Gasteiger partial charge in [0.2, 0.25) is 0 Å². The van der Waals surface area contributed by atoms with Crippen LogP contribution in [0.3, 0.4) is 0 Å². The van der Waals surface area contributed by atoms with Crippen molar-refractivity contribution in [2.24, 2.45) is 0 Å². The highest BCUT2D eigenvalue weighted by Gasteiger charge is 2.45. The quantitative estimate of drug-likeness (QED) is 0.259. The van der Waals surface area contributed by atoms with Crippen LogP contribution < -0.4 is 0 Å². The van der Waals surface area contributed by atoms with Gasteiger partial charge in [0.05, 0.1) is 28.7 Å². The lowest BCUT2D eigenvalue weighted by atomic mass is 9.92. The monoisotopic (exact) mass is 580 g/mol. The van der Waals surface area contributed by atoms with Crippen LogP contribution in [0.1, 0.15) is 36.5 Å². The standard InChI is InChI=1S/C27H25ClF4N4O2S/c1-2-35-9-7-26(29,8-10-35)15-36-24(37)23(39-25(36)38)20(16-4-6-22-18(11-16)14-33-34-22)12-17-3-5-19(28)13-21(17)27(30,31)32/h3-6,11,13-14H,2,7-10,12,15H2,1H3,(H,33,34)/b23-20-. The third-order valence-corrected chi connectivity index (χ3v) is 8.55. The van der Waals surface area contributed by atoms with Crippen molar-refractivity contribution in [2.75, 3.05) is 26.2 Å². The molecule has 206 valence electrons. The Hall–Kier alpha value is -2.89. The number of aromatic amines is 1. The Morgan fingerprint density at radius 3 is 2.59 bits per heavy atom. The summed E-state index contributed by atoms with van der Waals surface area (Å²) in [6.07, 6.45) is -3.05. The summed E-state index contributed by atoms with van der Waals surface area (Å²) in [5, 5.41) is 6.76. The second kappa shape index (κ2) is 10.6. The number of aromatic nitrogens is 2. The van der Waals surface area contributed by atoms with Gasteiger partial charge in [-0.25, -0.2) is 4.39 Å². The molecular formula is C27H25ClF4N4O2S. The topological polar surface area (TPSA) is 69.3 Å². The van der Waals surface area contributed by atoms with Crippen LogP contribution in [0, 0.1) is 0 Å². The molecule has 0 saturated carbocycles. The second-order valence-electron chi connectivity index (χ2n) is 9.80. The van der Waals surface area contributed by atoms with Gasteiger partial charge in [-0.05, 0) is 78.5 Å². The zero-order chi connectivity index (χ0) is 27.9. The molecule has 3 aromatic rings. The van der Waals surface area contributed by atoms with Crippen LogP contribution in [0.25, 0.3) is 16.5 Å². The van der Waals surface area contributed by atoms with Crippen LogP contribution in [0.15, 0.2) is 47.5 Å². The molecule has 2 aliphatic heterocycles. The number of carbonyl (C=O) groups is 2. The normalized spacial score (nSPS) is 19.8. The Morgan fingerprint density at radius 1 is 1.15 bits per heavy atom. The first-order valence-corrected chi connectivity index (χ1v) is 13.6. The van der Waals surface area contributed by atoms with E-state index >= 15 is 4.39 Å². The fraction of sp³-hybridized carbons (Fsp3) is 0.370. The fourth-order valence-corrected chi connectivity index (χ4v) is 6.15. The number of rotatable bonds is 6. The minimum Gasteiger partial charge on any atom is -0.303 e. The first-order chi connectivity index (χ1) is 18.5. The predicted octanol–water partition coefficient (Wildman–Crippen LogP) is 6.71. The molecule has 1 aromatic heterocycles. The number of piperidine rings is 1. The predicted molar refractivity (Wildman–Crippen MR) is 143 cm³/mol. The van der Waals surface area contributed by atoms with Gasteiger partial charge in [0.1, 0.15) is 5.67 Å². The first-order valence-electron chi connectivity index (χ1n) is 12.4. The highest BCUT2D eigenvalue weighted by molar-refractivity contribution is 8.18. The Bertz CT molecular complexity index is 1460. The average Bonchev–Trinajstić information content (AvgIpc) is 3.47. The molecule has 5 rings (SSSR count). The minimum atomic E-state index is -4.69. The number of nitrogens with zero attached hydrogens (tertiary/aromatic N) is 3. The number of likely N-dealkylation sites (tertiary alicyclic amines) is 1. The number of halogens is 5. The lowest BCUT2D eigenvalue weighted by Gasteiger charge is -2.37. The maximum Gasteiger partial charge on any atom is 0.416 e. The van der Waals surface area contributed by atoms with Crippen molar-refractivity contribution in [1.82, 2.24) is 20.0 Å². The number of fused-ring (bicyclic) bond motifs is 1. The molecule has 2 aromatic carbocycles. The fourth-order valence-electron chi connectivity index (χ4n) is 5.03. The van der Waals surface area contributed by atoms with Gasteiger partial charge in [0.15, 0.2) is 0 Å². The summed E-state index contributed by atoms with van der Waals surface area (Å²) in [7, 11) is 0. The smallest absolute Gasteiger partial charge is 0.303 e. The number of H-pyrrole nitrogens is 1. The maximum atomic E-state index is 15.7. The van der Waals surface area contributed by atoms with Crippen molar-refractivity contribution in [2.45, 2.75) is 38.0 Å². The van der Waals surface area contributed by atoms with E-state index in [4.69, 9.17) is 11.6 Å². The number of carbonyl (C=O) groups excluding carboxylic acids is 2. The molecule has 0 spiro atoms. The first kappa shape index (κ1) is 27.7. The summed E-state index contributed by atoms with van der Waals surface area (Å²) in [5.41, 5.74) is -1.35. The van der Waals surface area contributed by atoms with E-state index in [9.17, 15) is 22.8 Å². The van der Waals surface area contributed by atoms with Crippen LogP contribution in [0.4, 0.5) is 22.4 Å². The van der Waals surface area contributed by atoms with Gasteiger partial charge in [-0.3, -0.25) is 19.6 Å². The largest absolute Gasteiger partial charge is 0.416 e. The molecule has 0 aliphatic carbocycles. The van der Waals surface area contributed by atoms with E-state index in [-0.39, 0.29) is 46.9 Å². The highest BCUT2D eigenvalue weighted by Crippen LogP contribution is 2.42. The van der Waals surface area contributed by atoms with E-state index < -0.39 is 28.6 Å². The molecule has 2 amide bonds. The van der Waals surface area contributed by atoms with Gasteiger partial charge in [0, 0.05) is 23.5 Å². The molecule has 39 heavy (non-hydrogen) atoms. The van der Waals surface area contributed by atoms with Crippen LogP contribution in [0.2, 0.25) is 5.02 Å². The number of imide groups is 1. The Balaban J connectivity index is 1.55. The molecule has 0 atom stereocenters. The van der Waals surface area contributed by atoms with Crippen molar-refractivity contribution in [3.8, 4) is 0 Å². The summed E-state index contributed by atoms with van der Waals surface area (Å²) in [5.74, 6) is -0.704. The van der Waals surface area contributed by atoms with Gasteiger partial charge >= 0.3 is 6.18 Å². The lowest BCUT2D eigenvalue weighted by Crippen LogP contribution is -2.49. The third kappa shape index (κ3) is 5.71. The Kier molecular flexibility index (Phi) is 7.51. The molecule has 0 radical (unpaired) electrons. The van der Waals surface area contributed by atoms with E-state index in [1.165, 1.54) is 12.1 Å². The van der Waals surface area contributed by atoms with Gasteiger partial charge in [-0.1, -0.05) is 30.7 Å². The highest BCUT2D eigenvalue weighted by atomic mass is 35.5. The molecule has 0 unspecified atom stereocenters. The van der Waals surface area contributed by atoms with E-state index in [0.29, 0.717) is 41.3 Å². The molecule has 2 fully saturated rings. The molecule has 0 bridgehead atoms. The summed E-state index contributed by atoms with van der Waals surface area (Å²) in [6, 6.07) is 8.52. The van der Waals surface area contributed by atoms with Gasteiger partial charge in [-0.15, -0.1) is 0 Å². The number of alkyl halides is 4. The molecular weight excluding hydrogens is 556 g/mol. The maximum absolute atomic E-state index is 15.7. The zero-order valence-electron chi connectivity index (χ0n) is 20.9. The second-order valence-corrected chi connectivity index (χ2v) is 11.2. The number of hydrogen-bond donors (Lipinski definition) is 1. The van der Waals surface area contributed by atoms with Crippen LogP contribution in [-0.2, 0) is 17.4 Å². The van der Waals surface area contributed by atoms with Gasteiger partial charge < -0.3 is 4.90 Å². The molecule has 1 N–H and O–H groups in total. The summed E-state index contributed by atoms with van der Waals surface area (Å²) < 4.78 is 57.4. The van der Waals surface area contributed by atoms with Crippen LogP contribution >= 0.6 is 23.4 Å². The SMILES string of the molecule is CCN1CCC(F)(CN2C(=O)S/C(=C(/Cc3ccc(Cl)cc3C(F)(F)F)c3ccc4[nH]ncc4c3)C2=O)CC1. The van der Waals surface area contributed by atoms with Crippen LogP contribution in [0.5, 0.6) is 0 Å². The molecule has 3 heterocycles. The van der Waals surface area contributed by atoms with Crippen molar-refractivity contribution >= 4 is 51.0 Å². The average molecular weight is 581 g/mol. The van der Waals surface area contributed by atoms with Crippen molar-refractivity contribution in [1.29, 1.82) is 0 Å². The van der Waals surface area contributed by atoms with E-state index in [1.54, 1.807) is 24.4 Å². The Morgan fingerprint density at radius 2 is 1.90 bits per heavy atom. The minimum absolute atomic E-state index is 0.0134. The number of thioether (sulfide) groups is 1. The third-order valence-electron chi connectivity index (χ3n) is 7.30. The molecule has 2 aliphatic rings. The molecule has 6 nitrogen and oxygen atoms in total. The molecule has 12 heteroatoms. The number of hydrogen-bond acceptors (Lipinski definition) is 5. The number of benzene rings is 2. The summed E-state index contributed by atoms with van der Waals surface area (Å²) in [4.78, 5) is 29.6. The van der Waals surface area contributed by atoms with E-state index in [0.717, 1.165) is 17.5 Å². The summed E-state index contributed by atoms with van der Waals surface area (Å²) in [6.45, 7) is 3.42. The Labute approximate surface area is 231 Å². The van der Waals surface area contributed by atoms with Crippen LogP contribution in [-0.4, -0.2) is 63.0 Å². The van der Waals surface area contributed by atoms with Crippen molar-refractivity contribution in [3.05, 3.63) is 69.2 Å². The van der Waals surface area contributed by atoms with E-state index in [2.05, 4.69) is 15.1 Å². The number of allylic oxidation sites excluding steroid dienone is 1. The lowest BCUT2D eigenvalue weighted by molar-refractivity contribution is -0.138. The zero-order valence-corrected chi connectivity index (χ0v) is 22.5. The van der Waals surface area contributed by atoms with E-state index in [1.807, 2.05) is 6.92 Å². The molecule has 2 saturated heterocycles. The summed E-state index contributed by atoms with van der Waals surface area (Å²) >= 11 is 6.50. The number of amides is 2.